The Labute approximate surface area is 109 Å². The van der Waals surface area contributed by atoms with E-state index in [0.717, 1.165) is 6.54 Å². The molecule has 1 amide bonds. The highest BCUT2D eigenvalue weighted by molar-refractivity contribution is 5.84. The largest absolute Gasteiger partial charge is 0.389 e. The third-order valence-corrected chi connectivity index (χ3v) is 3.09. The number of Topliss-reactive ketones (excluding diaryl/α,β-unsaturated/α-hetero) is 1. The number of likely N-dealkylation sites (N-methyl/N-ethyl adjacent to an activating group) is 1. The molecular weight excluding hydrogens is 232 g/mol. The van der Waals surface area contributed by atoms with Crippen molar-refractivity contribution < 1.29 is 14.7 Å². The number of nitrogens with zero attached hydrogens (tertiary/aromatic N) is 2. The second kappa shape index (κ2) is 6.29. The van der Waals surface area contributed by atoms with Crippen LogP contribution >= 0.6 is 0 Å². The van der Waals surface area contributed by atoms with Gasteiger partial charge in [-0.3, -0.25) is 14.5 Å². The molecule has 1 fully saturated rings. The van der Waals surface area contributed by atoms with Crippen LogP contribution in [0.25, 0.3) is 0 Å². The molecule has 5 nitrogen and oxygen atoms in total. The maximum absolute atomic E-state index is 12.1. The van der Waals surface area contributed by atoms with Gasteiger partial charge < -0.3 is 10.0 Å². The molecule has 0 unspecified atom stereocenters. The molecule has 18 heavy (non-hydrogen) atoms. The summed E-state index contributed by atoms with van der Waals surface area (Å²) in [5.74, 6) is 0.288. The van der Waals surface area contributed by atoms with Crippen molar-refractivity contribution in [3.63, 3.8) is 0 Å². The first-order valence-electron chi connectivity index (χ1n) is 6.56. The maximum Gasteiger partial charge on any atom is 0.236 e. The van der Waals surface area contributed by atoms with Gasteiger partial charge in [-0.05, 0) is 20.4 Å². The van der Waals surface area contributed by atoms with E-state index in [1.807, 2.05) is 11.8 Å². The zero-order valence-electron chi connectivity index (χ0n) is 11.6. The third kappa shape index (κ3) is 5.14. The molecule has 0 aromatic carbocycles. The Morgan fingerprint density at radius 2 is 1.94 bits per heavy atom. The molecule has 0 aliphatic carbocycles. The molecule has 0 spiro atoms. The van der Waals surface area contributed by atoms with Crippen LogP contribution in [-0.4, -0.2) is 64.9 Å². The van der Waals surface area contributed by atoms with Crippen LogP contribution in [-0.2, 0) is 9.59 Å². The number of carbonyl (C=O) groups is 2. The molecule has 1 rings (SSSR count). The van der Waals surface area contributed by atoms with Crippen LogP contribution in [0, 0.1) is 0 Å². The lowest BCUT2D eigenvalue weighted by Gasteiger charge is -2.31. The summed E-state index contributed by atoms with van der Waals surface area (Å²) in [7, 11) is 0. The first kappa shape index (κ1) is 15.1. The van der Waals surface area contributed by atoms with E-state index < -0.39 is 5.60 Å². The van der Waals surface area contributed by atoms with Crippen LogP contribution in [0.1, 0.15) is 33.6 Å². The Hall–Kier alpha value is -0.940. The first-order valence-corrected chi connectivity index (χ1v) is 6.56. The van der Waals surface area contributed by atoms with Crippen LogP contribution in [0.3, 0.4) is 0 Å². The summed E-state index contributed by atoms with van der Waals surface area (Å²) in [5, 5.41) is 9.77. The maximum atomic E-state index is 12.1. The van der Waals surface area contributed by atoms with Gasteiger partial charge in [0.2, 0.25) is 5.91 Å². The monoisotopic (exact) mass is 256 g/mol. The zero-order valence-corrected chi connectivity index (χ0v) is 11.6. The minimum atomic E-state index is -0.797. The molecule has 1 aliphatic heterocycles. The summed E-state index contributed by atoms with van der Waals surface area (Å²) < 4.78 is 0. The molecular formula is C13H24N2O3. The van der Waals surface area contributed by atoms with Gasteiger partial charge in [-0.25, -0.2) is 0 Å². The van der Waals surface area contributed by atoms with Crippen LogP contribution in [0.2, 0.25) is 0 Å². The van der Waals surface area contributed by atoms with Crippen LogP contribution in [0.4, 0.5) is 0 Å². The Bertz CT molecular complexity index is 300. The molecule has 5 heteroatoms. The summed E-state index contributed by atoms with van der Waals surface area (Å²) in [6.07, 6.45) is 0.951. The summed E-state index contributed by atoms with van der Waals surface area (Å²) in [6.45, 7) is 8.03. The van der Waals surface area contributed by atoms with Crippen molar-refractivity contribution in [3.05, 3.63) is 0 Å². The van der Waals surface area contributed by atoms with Crippen molar-refractivity contribution in [1.29, 1.82) is 0 Å². The van der Waals surface area contributed by atoms with Gasteiger partial charge in [0.05, 0.1) is 12.1 Å². The quantitative estimate of drug-likeness (QED) is 0.767. The molecule has 0 aromatic rings. The standard InChI is InChI=1S/C13H24N2O3/c1-4-14(10-13(2,3)18)9-12(17)15-7-5-11(16)6-8-15/h18H,4-10H2,1-3H3. The van der Waals surface area contributed by atoms with Gasteiger partial charge in [0.15, 0.2) is 0 Å². The highest BCUT2D eigenvalue weighted by atomic mass is 16.3. The fraction of sp³-hybridized carbons (Fsp3) is 0.846. The topological polar surface area (TPSA) is 60.9 Å². The van der Waals surface area contributed by atoms with E-state index in [0.29, 0.717) is 39.0 Å². The summed E-state index contributed by atoms with van der Waals surface area (Å²) >= 11 is 0. The first-order chi connectivity index (χ1) is 8.31. The second-order valence-corrected chi connectivity index (χ2v) is 5.54. The SMILES string of the molecule is CCN(CC(=O)N1CCC(=O)CC1)CC(C)(C)O. The van der Waals surface area contributed by atoms with Gasteiger partial charge in [-0.1, -0.05) is 6.92 Å². The van der Waals surface area contributed by atoms with E-state index in [1.165, 1.54) is 0 Å². The number of carbonyl (C=O) groups excluding carboxylic acids is 2. The van der Waals surface area contributed by atoms with Crippen molar-refractivity contribution in [2.24, 2.45) is 0 Å². The Morgan fingerprint density at radius 3 is 2.39 bits per heavy atom. The normalized spacial score (nSPS) is 17.4. The molecule has 1 saturated heterocycles. The van der Waals surface area contributed by atoms with Crippen molar-refractivity contribution in [2.45, 2.75) is 39.2 Å². The number of amides is 1. The van der Waals surface area contributed by atoms with Crippen molar-refractivity contribution in [1.82, 2.24) is 9.80 Å². The number of piperidine rings is 1. The predicted octanol–water partition coefficient (Wildman–Crippen LogP) is 0.271. The summed E-state index contributed by atoms with van der Waals surface area (Å²) in [4.78, 5) is 26.8. The van der Waals surface area contributed by atoms with E-state index >= 15 is 0 Å². The van der Waals surface area contributed by atoms with Gasteiger partial charge in [-0.2, -0.15) is 0 Å². The fourth-order valence-corrected chi connectivity index (χ4v) is 2.12. The van der Waals surface area contributed by atoms with Crippen LogP contribution < -0.4 is 0 Å². The van der Waals surface area contributed by atoms with Crippen LogP contribution in [0.15, 0.2) is 0 Å². The average Bonchev–Trinajstić information content (AvgIpc) is 2.27. The van der Waals surface area contributed by atoms with E-state index in [9.17, 15) is 14.7 Å². The van der Waals surface area contributed by atoms with Gasteiger partial charge >= 0.3 is 0 Å². The highest BCUT2D eigenvalue weighted by Gasteiger charge is 2.24. The molecule has 1 heterocycles. The van der Waals surface area contributed by atoms with Gasteiger partial charge in [0, 0.05) is 32.5 Å². The molecule has 0 atom stereocenters. The second-order valence-electron chi connectivity index (χ2n) is 5.54. The number of hydrogen-bond acceptors (Lipinski definition) is 4. The smallest absolute Gasteiger partial charge is 0.236 e. The highest BCUT2D eigenvalue weighted by Crippen LogP contribution is 2.08. The lowest BCUT2D eigenvalue weighted by Crippen LogP contribution is -2.47. The molecule has 0 saturated carbocycles. The van der Waals surface area contributed by atoms with Crippen molar-refractivity contribution in [3.8, 4) is 0 Å². The minimum Gasteiger partial charge on any atom is -0.389 e. The third-order valence-electron chi connectivity index (χ3n) is 3.09. The summed E-state index contributed by atoms with van der Waals surface area (Å²) in [6, 6.07) is 0. The fourth-order valence-electron chi connectivity index (χ4n) is 2.12. The Balaban J connectivity index is 2.44. The molecule has 0 bridgehead atoms. The summed E-state index contributed by atoms with van der Waals surface area (Å²) in [5.41, 5.74) is -0.797. The minimum absolute atomic E-state index is 0.0496. The van der Waals surface area contributed by atoms with E-state index in [-0.39, 0.29) is 11.7 Å². The van der Waals surface area contributed by atoms with E-state index in [1.54, 1.807) is 18.7 Å². The lowest BCUT2D eigenvalue weighted by molar-refractivity contribution is -0.136. The number of ketones is 1. The zero-order chi connectivity index (χ0) is 13.8. The van der Waals surface area contributed by atoms with Crippen molar-refractivity contribution in [2.75, 3.05) is 32.7 Å². The predicted molar refractivity (Wildman–Crippen MR) is 69.2 cm³/mol. The average molecular weight is 256 g/mol. The van der Waals surface area contributed by atoms with Crippen LogP contribution in [0.5, 0.6) is 0 Å². The van der Waals surface area contributed by atoms with Crippen molar-refractivity contribution >= 4 is 11.7 Å². The lowest BCUT2D eigenvalue weighted by atomic mass is 10.1. The molecule has 1 aliphatic rings. The number of likely N-dealkylation sites (tertiary alicyclic amines) is 1. The molecule has 0 aromatic heterocycles. The molecule has 0 radical (unpaired) electrons. The van der Waals surface area contributed by atoms with E-state index in [2.05, 4.69) is 0 Å². The Kier molecular flexibility index (Phi) is 5.28. The van der Waals surface area contributed by atoms with Gasteiger partial charge in [0.25, 0.3) is 0 Å². The number of hydrogen-bond donors (Lipinski definition) is 1. The van der Waals surface area contributed by atoms with Gasteiger partial charge in [0.1, 0.15) is 5.78 Å². The van der Waals surface area contributed by atoms with E-state index in [4.69, 9.17) is 0 Å². The molecule has 1 N–H and O–H groups in total. The van der Waals surface area contributed by atoms with Gasteiger partial charge in [-0.15, -0.1) is 0 Å². The molecule has 104 valence electrons. The Morgan fingerprint density at radius 1 is 1.39 bits per heavy atom. The number of rotatable bonds is 5. The number of aliphatic hydroxyl groups is 1.